The van der Waals surface area contributed by atoms with E-state index >= 15 is 0 Å². The summed E-state index contributed by atoms with van der Waals surface area (Å²) in [6, 6.07) is 9.42. The Bertz CT molecular complexity index is 465. The first-order valence-electron chi connectivity index (χ1n) is 4.71. The van der Waals surface area contributed by atoms with Crippen molar-refractivity contribution in [1.82, 2.24) is 5.01 Å². The summed E-state index contributed by atoms with van der Waals surface area (Å²) in [7, 11) is 0. The van der Waals surface area contributed by atoms with E-state index in [4.69, 9.17) is 11.6 Å². The summed E-state index contributed by atoms with van der Waals surface area (Å²) in [5.74, 6) is 4.67. The largest absolute Gasteiger partial charge is 0.366 e. The van der Waals surface area contributed by atoms with E-state index in [1.54, 1.807) is 0 Å². The van der Waals surface area contributed by atoms with Crippen molar-refractivity contribution in [3.05, 3.63) is 35.9 Å². The lowest BCUT2D eigenvalue weighted by atomic mass is 10.1. The number of amides is 1. The summed E-state index contributed by atoms with van der Waals surface area (Å²) in [4.78, 5) is 11.6. The van der Waals surface area contributed by atoms with E-state index in [1.165, 1.54) is 0 Å². The lowest BCUT2D eigenvalue weighted by Gasteiger charge is -2.07. The summed E-state index contributed by atoms with van der Waals surface area (Å²) >= 11 is 0. The molecular formula is C10H11N5O. The number of guanidine groups is 1. The second-order valence-corrected chi connectivity index (χ2v) is 3.28. The van der Waals surface area contributed by atoms with Crippen LogP contribution in [0.2, 0.25) is 0 Å². The molecule has 0 bridgehead atoms. The molecular weight excluding hydrogens is 206 g/mol. The van der Waals surface area contributed by atoms with E-state index in [0.717, 1.165) is 10.6 Å². The fraction of sp³-hybridized carbons (Fsp3) is 0.100. The third kappa shape index (κ3) is 1.72. The molecule has 1 aromatic carbocycles. The molecule has 0 radical (unpaired) electrons. The summed E-state index contributed by atoms with van der Waals surface area (Å²) < 4.78 is 0. The van der Waals surface area contributed by atoms with Crippen molar-refractivity contribution < 1.29 is 4.79 Å². The zero-order chi connectivity index (χ0) is 11.5. The molecule has 82 valence electrons. The van der Waals surface area contributed by atoms with Crippen molar-refractivity contribution in [3.63, 3.8) is 0 Å². The van der Waals surface area contributed by atoms with E-state index < -0.39 is 0 Å². The second-order valence-electron chi connectivity index (χ2n) is 3.28. The van der Waals surface area contributed by atoms with Gasteiger partial charge in [0.05, 0.1) is 12.1 Å². The van der Waals surface area contributed by atoms with Gasteiger partial charge < -0.3 is 11.6 Å². The van der Waals surface area contributed by atoms with Crippen LogP contribution < -0.4 is 11.6 Å². The van der Waals surface area contributed by atoms with Crippen LogP contribution >= 0.6 is 0 Å². The number of hydrogen-bond donors (Lipinski definition) is 2. The fourth-order valence-electron chi connectivity index (χ4n) is 1.45. The van der Waals surface area contributed by atoms with Crippen molar-refractivity contribution in [2.24, 2.45) is 21.8 Å². The minimum Gasteiger partial charge on any atom is -0.366 e. The van der Waals surface area contributed by atoms with Crippen molar-refractivity contribution in [2.75, 3.05) is 0 Å². The Labute approximate surface area is 92.2 Å². The van der Waals surface area contributed by atoms with Crippen LogP contribution in [-0.4, -0.2) is 22.6 Å². The highest BCUT2D eigenvalue weighted by molar-refractivity contribution is 6.17. The normalized spacial score (nSPS) is 16.5. The zero-order valence-electron chi connectivity index (χ0n) is 8.50. The van der Waals surface area contributed by atoms with Crippen molar-refractivity contribution in [3.8, 4) is 0 Å². The van der Waals surface area contributed by atoms with Crippen LogP contribution in [0.3, 0.4) is 0 Å². The minimum atomic E-state index is -0.231. The molecule has 2 rings (SSSR count). The topological polar surface area (TPSA) is 97.1 Å². The van der Waals surface area contributed by atoms with Crippen LogP contribution in [0.4, 0.5) is 0 Å². The number of benzene rings is 1. The first kappa shape index (κ1) is 10.2. The van der Waals surface area contributed by atoms with Gasteiger partial charge in [-0.15, -0.1) is 5.10 Å². The lowest BCUT2D eigenvalue weighted by molar-refractivity contribution is -0.125. The molecule has 1 heterocycles. The minimum absolute atomic E-state index is 0.101. The highest BCUT2D eigenvalue weighted by Crippen LogP contribution is 2.14. The van der Waals surface area contributed by atoms with Gasteiger partial charge in [-0.3, -0.25) is 4.79 Å². The number of nitrogens with zero attached hydrogens (tertiary/aromatic N) is 3. The molecule has 0 atom stereocenters. The van der Waals surface area contributed by atoms with Gasteiger partial charge in [-0.1, -0.05) is 30.3 Å². The molecule has 1 amide bonds. The Morgan fingerprint density at radius 2 is 2.06 bits per heavy atom. The number of hydrazone groups is 2. The van der Waals surface area contributed by atoms with Gasteiger partial charge in [0.1, 0.15) is 0 Å². The molecule has 0 unspecified atom stereocenters. The molecule has 0 saturated heterocycles. The van der Waals surface area contributed by atoms with Gasteiger partial charge in [0.2, 0.25) is 5.96 Å². The fourth-order valence-corrected chi connectivity index (χ4v) is 1.45. The van der Waals surface area contributed by atoms with Gasteiger partial charge in [-0.25, -0.2) is 0 Å². The molecule has 6 nitrogen and oxygen atoms in total. The summed E-state index contributed by atoms with van der Waals surface area (Å²) in [5, 5.41) is 8.33. The Hall–Kier alpha value is -2.37. The standard InChI is InChI=1S/C10H11N5O/c11-10(13-12)15-9(16)6-8(14-15)7-4-2-1-3-5-7/h1-5H,6,12H2,(H2,11,13). The molecule has 1 aliphatic rings. The quantitative estimate of drug-likeness (QED) is 0.295. The SMILES string of the molecule is N/N=C(\N)N1N=C(c2ccccc2)CC1=O. The molecule has 0 aliphatic carbocycles. The van der Waals surface area contributed by atoms with E-state index in [2.05, 4.69) is 10.2 Å². The van der Waals surface area contributed by atoms with E-state index in [1.807, 2.05) is 30.3 Å². The van der Waals surface area contributed by atoms with Gasteiger partial charge in [0, 0.05) is 0 Å². The molecule has 1 aromatic rings. The summed E-state index contributed by atoms with van der Waals surface area (Å²) in [6.45, 7) is 0. The zero-order valence-corrected chi connectivity index (χ0v) is 8.50. The Morgan fingerprint density at radius 1 is 1.38 bits per heavy atom. The van der Waals surface area contributed by atoms with Gasteiger partial charge in [-0.05, 0) is 5.56 Å². The van der Waals surface area contributed by atoms with Gasteiger partial charge in [-0.2, -0.15) is 10.1 Å². The maximum absolute atomic E-state index is 11.6. The highest BCUT2D eigenvalue weighted by atomic mass is 16.2. The average Bonchev–Trinajstić information content (AvgIpc) is 2.71. The molecule has 1 aliphatic heterocycles. The predicted octanol–water partition coefficient (Wildman–Crippen LogP) is -0.189. The van der Waals surface area contributed by atoms with Crippen LogP contribution in [0.15, 0.2) is 40.5 Å². The van der Waals surface area contributed by atoms with Crippen LogP contribution in [0.1, 0.15) is 12.0 Å². The van der Waals surface area contributed by atoms with Crippen LogP contribution in [-0.2, 0) is 4.79 Å². The first-order chi connectivity index (χ1) is 7.72. The second kappa shape index (κ2) is 4.01. The third-order valence-corrected chi connectivity index (χ3v) is 2.23. The van der Waals surface area contributed by atoms with E-state index in [-0.39, 0.29) is 18.3 Å². The highest BCUT2D eigenvalue weighted by Gasteiger charge is 2.27. The number of carbonyl (C=O) groups excluding carboxylic acids is 1. The number of nitrogens with two attached hydrogens (primary N) is 2. The van der Waals surface area contributed by atoms with Crippen molar-refractivity contribution in [1.29, 1.82) is 0 Å². The van der Waals surface area contributed by atoms with Gasteiger partial charge >= 0.3 is 0 Å². The maximum atomic E-state index is 11.6. The number of rotatable bonds is 1. The van der Waals surface area contributed by atoms with Crippen molar-refractivity contribution >= 4 is 17.6 Å². The Balaban J connectivity index is 2.30. The molecule has 0 fully saturated rings. The average molecular weight is 217 g/mol. The first-order valence-corrected chi connectivity index (χ1v) is 4.71. The molecule has 16 heavy (non-hydrogen) atoms. The van der Waals surface area contributed by atoms with Gasteiger partial charge in [0.15, 0.2) is 0 Å². The third-order valence-electron chi connectivity index (χ3n) is 2.23. The summed E-state index contributed by atoms with van der Waals surface area (Å²) in [6.07, 6.45) is 0.209. The smallest absolute Gasteiger partial charge is 0.256 e. The van der Waals surface area contributed by atoms with E-state index in [9.17, 15) is 4.79 Å². The lowest BCUT2D eigenvalue weighted by Crippen LogP contribution is -2.35. The van der Waals surface area contributed by atoms with Gasteiger partial charge in [0.25, 0.3) is 5.91 Å². The Kier molecular flexibility index (Phi) is 2.55. The number of hydrogen-bond acceptors (Lipinski definition) is 4. The van der Waals surface area contributed by atoms with Crippen LogP contribution in [0, 0.1) is 0 Å². The Morgan fingerprint density at radius 3 is 2.69 bits per heavy atom. The molecule has 0 saturated carbocycles. The predicted molar refractivity (Wildman–Crippen MR) is 60.3 cm³/mol. The monoisotopic (exact) mass is 217 g/mol. The summed E-state index contributed by atoms with van der Waals surface area (Å²) in [5.41, 5.74) is 6.99. The maximum Gasteiger partial charge on any atom is 0.256 e. The van der Waals surface area contributed by atoms with E-state index in [0.29, 0.717) is 5.71 Å². The van der Waals surface area contributed by atoms with Crippen LogP contribution in [0.5, 0.6) is 0 Å². The molecule has 6 heteroatoms. The van der Waals surface area contributed by atoms with Crippen LogP contribution in [0.25, 0.3) is 0 Å². The molecule has 0 spiro atoms. The number of carbonyl (C=O) groups is 1. The molecule has 4 N–H and O–H groups in total. The molecule has 0 aromatic heterocycles. The van der Waals surface area contributed by atoms with Crippen molar-refractivity contribution in [2.45, 2.75) is 6.42 Å².